The van der Waals surface area contributed by atoms with E-state index in [1.807, 2.05) is 20.8 Å². The maximum absolute atomic E-state index is 12.5. The molecule has 0 N–H and O–H groups in total. The van der Waals surface area contributed by atoms with Crippen molar-refractivity contribution in [1.82, 2.24) is 0 Å². The van der Waals surface area contributed by atoms with Gasteiger partial charge in [-0.05, 0) is 18.8 Å². The van der Waals surface area contributed by atoms with Crippen LogP contribution in [0.25, 0.3) is 0 Å². The van der Waals surface area contributed by atoms with Crippen LogP contribution in [-0.2, 0) is 24.2 Å². The molecule has 1 aliphatic heterocycles. The van der Waals surface area contributed by atoms with Crippen LogP contribution in [0.1, 0.15) is 40.0 Å². The number of carbonyl (C=O) groups is 2. The molecular weight excluding hydrogens is 280 g/mol. The van der Waals surface area contributed by atoms with Crippen molar-refractivity contribution >= 4 is 21.6 Å². The van der Waals surface area contributed by atoms with E-state index in [9.17, 15) is 18.0 Å². The Hall–Kier alpha value is -0.910. The molecule has 1 fully saturated rings. The highest BCUT2D eigenvalue weighted by Gasteiger charge is 2.39. The average Bonchev–Trinajstić information content (AvgIpc) is 2.34. The quantitative estimate of drug-likeness (QED) is 0.737. The topological polar surface area (TPSA) is 77.5 Å². The molecule has 0 bridgehead atoms. The summed E-state index contributed by atoms with van der Waals surface area (Å²) in [6, 6.07) is 0. The molecule has 0 saturated carbocycles. The third-order valence-electron chi connectivity index (χ3n) is 3.86. The lowest BCUT2D eigenvalue weighted by Crippen LogP contribution is -2.38. The number of hydrogen-bond acceptors (Lipinski definition) is 5. The summed E-state index contributed by atoms with van der Waals surface area (Å²) in [5, 5.41) is 0. The van der Waals surface area contributed by atoms with E-state index in [1.54, 1.807) is 0 Å². The van der Waals surface area contributed by atoms with Crippen molar-refractivity contribution in [3.8, 4) is 0 Å². The Bertz CT molecular complexity index is 458. The van der Waals surface area contributed by atoms with Gasteiger partial charge < -0.3 is 4.74 Å². The van der Waals surface area contributed by atoms with Crippen molar-refractivity contribution in [3.05, 3.63) is 0 Å². The molecule has 6 heteroatoms. The minimum Gasteiger partial charge on any atom is -0.469 e. The molecule has 1 saturated heterocycles. The fraction of sp³-hybridized carbons (Fsp3) is 0.857. The normalized spacial score (nSPS) is 21.2. The van der Waals surface area contributed by atoms with E-state index >= 15 is 0 Å². The van der Waals surface area contributed by atoms with Gasteiger partial charge in [0, 0.05) is 11.3 Å². The van der Waals surface area contributed by atoms with Crippen molar-refractivity contribution < 1.29 is 22.7 Å². The Morgan fingerprint density at radius 2 is 1.70 bits per heavy atom. The lowest BCUT2D eigenvalue weighted by molar-refractivity contribution is -0.146. The summed E-state index contributed by atoms with van der Waals surface area (Å²) in [5.41, 5.74) is -0.547. The monoisotopic (exact) mass is 304 g/mol. The molecular formula is C14H24O5S. The Morgan fingerprint density at radius 1 is 1.20 bits per heavy atom. The van der Waals surface area contributed by atoms with Gasteiger partial charge in [0.25, 0.3) is 0 Å². The number of sulfone groups is 1. The van der Waals surface area contributed by atoms with Gasteiger partial charge in [-0.25, -0.2) is 8.42 Å². The van der Waals surface area contributed by atoms with Gasteiger partial charge in [0.05, 0.1) is 25.0 Å². The van der Waals surface area contributed by atoms with E-state index in [-0.39, 0.29) is 29.6 Å². The summed E-state index contributed by atoms with van der Waals surface area (Å²) < 4.78 is 27.6. The highest BCUT2D eigenvalue weighted by Crippen LogP contribution is 2.34. The number of Topliss-reactive ketones (excluding diaryl/α,β-unsaturated/α-hetero) is 1. The lowest BCUT2D eigenvalue weighted by Gasteiger charge is -2.32. The van der Waals surface area contributed by atoms with E-state index in [0.717, 1.165) is 0 Å². The molecule has 0 amide bonds. The minimum atomic E-state index is -2.97. The lowest BCUT2D eigenvalue weighted by atomic mass is 9.74. The first-order valence-electron chi connectivity index (χ1n) is 6.88. The fourth-order valence-electron chi connectivity index (χ4n) is 2.60. The smallest absolute Gasteiger partial charge is 0.306 e. The number of hydrogen-bond donors (Lipinski definition) is 0. The first-order chi connectivity index (χ1) is 9.07. The van der Waals surface area contributed by atoms with Crippen molar-refractivity contribution in [1.29, 1.82) is 0 Å². The number of ether oxygens (including phenoxy) is 1. The van der Waals surface area contributed by atoms with E-state index in [0.29, 0.717) is 12.8 Å². The number of ketones is 1. The van der Waals surface area contributed by atoms with Crippen LogP contribution in [0.4, 0.5) is 0 Å². The standard InChI is InChI=1S/C14H24O5S/c1-14(2,3)13(16)11(9-12(15)19-4)10-5-7-20(17,18)8-6-10/h10-11H,5-9H2,1-4H3. The van der Waals surface area contributed by atoms with Gasteiger partial charge in [0.2, 0.25) is 0 Å². The van der Waals surface area contributed by atoms with Crippen LogP contribution in [0.2, 0.25) is 0 Å². The Kier molecular flexibility index (Phi) is 5.35. The second kappa shape index (κ2) is 6.24. The third-order valence-corrected chi connectivity index (χ3v) is 5.57. The van der Waals surface area contributed by atoms with Crippen molar-refractivity contribution in [3.63, 3.8) is 0 Å². The molecule has 1 aliphatic rings. The van der Waals surface area contributed by atoms with Crippen LogP contribution < -0.4 is 0 Å². The van der Waals surface area contributed by atoms with Crippen LogP contribution in [0.5, 0.6) is 0 Å². The van der Waals surface area contributed by atoms with Crippen LogP contribution in [-0.4, -0.2) is 38.8 Å². The van der Waals surface area contributed by atoms with Gasteiger partial charge in [0.15, 0.2) is 0 Å². The first-order valence-corrected chi connectivity index (χ1v) is 8.70. The summed E-state index contributed by atoms with van der Waals surface area (Å²) in [4.78, 5) is 24.1. The number of esters is 1. The highest BCUT2D eigenvalue weighted by molar-refractivity contribution is 7.91. The van der Waals surface area contributed by atoms with Crippen molar-refractivity contribution in [2.24, 2.45) is 17.3 Å². The van der Waals surface area contributed by atoms with Crippen LogP contribution in [0.15, 0.2) is 0 Å². The predicted molar refractivity (Wildman–Crippen MR) is 76.0 cm³/mol. The molecule has 1 atom stereocenters. The third kappa shape index (κ3) is 4.58. The minimum absolute atomic E-state index is 0.00666. The molecule has 20 heavy (non-hydrogen) atoms. The van der Waals surface area contributed by atoms with Crippen LogP contribution in [0.3, 0.4) is 0 Å². The van der Waals surface area contributed by atoms with E-state index in [2.05, 4.69) is 4.74 Å². The summed E-state index contributed by atoms with van der Waals surface area (Å²) in [6.07, 6.45) is 0.939. The summed E-state index contributed by atoms with van der Waals surface area (Å²) in [7, 11) is -1.67. The molecule has 0 aromatic carbocycles. The van der Waals surface area contributed by atoms with Gasteiger partial charge in [-0.1, -0.05) is 20.8 Å². The van der Waals surface area contributed by atoms with Gasteiger partial charge in [0.1, 0.15) is 15.6 Å². The molecule has 0 aliphatic carbocycles. The Labute approximate surface area is 121 Å². The zero-order valence-electron chi connectivity index (χ0n) is 12.6. The molecule has 1 unspecified atom stereocenters. The number of methoxy groups -OCH3 is 1. The van der Waals surface area contributed by atoms with Gasteiger partial charge in [-0.3, -0.25) is 9.59 Å². The van der Waals surface area contributed by atoms with E-state index < -0.39 is 27.1 Å². The molecule has 0 spiro atoms. The van der Waals surface area contributed by atoms with Gasteiger partial charge >= 0.3 is 5.97 Å². The predicted octanol–water partition coefficient (Wildman–Crippen LogP) is 1.61. The molecule has 1 heterocycles. The maximum Gasteiger partial charge on any atom is 0.306 e. The van der Waals surface area contributed by atoms with Gasteiger partial charge in [-0.15, -0.1) is 0 Å². The zero-order valence-corrected chi connectivity index (χ0v) is 13.5. The number of rotatable bonds is 4. The second-order valence-corrected chi connectivity index (χ2v) is 8.79. The molecule has 5 nitrogen and oxygen atoms in total. The number of carbonyl (C=O) groups excluding carboxylic acids is 2. The van der Waals surface area contributed by atoms with Crippen molar-refractivity contribution in [2.45, 2.75) is 40.0 Å². The second-order valence-electron chi connectivity index (χ2n) is 6.49. The van der Waals surface area contributed by atoms with Crippen LogP contribution in [0, 0.1) is 17.3 Å². The fourth-order valence-corrected chi connectivity index (χ4v) is 4.13. The molecule has 116 valence electrons. The SMILES string of the molecule is COC(=O)CC(C(=O)C(C)(C)C)C1CCS(=O)(=O)CC1. The molecule has 0 aromatic rings. The molecule has 0 radical (unpaired) electrons. The summed E-state index contributed by atoms with van der Waals surface area (Å²) >= 11 is 0. The zero-order chi connectivity index (χ0) is 15.6. The Balaban J connectivity index is 2.88. The highest BCUT2D eigenvalue weighted by atomic mass is 32.2. The van der Waals surface area contributed by atoms with Gasteiger partial charge in [-0.2, -0.15) is 0 Å². The summed E-state index contributed by atoms with van der Waals surface area (Å²) in [5.74, 6) is -0.699. The first kappa shape index (κ1) is 17.1. The molecule has 1 rings (SSSR count). The molecule has 0 aromatic heterocycles. The Morgan fingerprint density at radius 3 is 2.10 bits per heavy atom. The largest absolute Gasteiger partial charge is 0.469 e. The van der Waals surface area contributed by atoms with Crippen LogP contribution >= 0.6 is 0 Å². The van der Waals surface area contributed by atoms with Crippen molar-refractivity contribution in [2.75, 3.05) is 18.6 Å². The summed E-state index contributed by atoms with van der Waals surface area (Å²) in [6.45, 7) is 5.46. The average molecular weight is 304 g/mol. The maximum atomic E-state index is 12.5. The van der Waals surface area contributed by atoms with E-state index in [4.69, 9.17) is 0 Å². The van der Waals surface area contributed by atoms with E-state index in [1.165, 1.54) is 7.11 Å².